The number of para-hydroxylation sites is 1. The van der Waals surface area contributed by atoms with Crippen LogP contribution in [0, 0.1) is 0 Å². The summed E-state index contributed by atoms with van der Waals surface area (Å²) in [4.78, 5) is 25.9. The summed E-state index contributed by atoms with van der Waals surface area (Å²) in [6.45, 7) is 2.66. The van der Waals surface area contributed by atoms with Crippen LogP contribution in [0.1, 0.15) is 49.4 Å². The quantitative estimate of drug-likeness (QED) is 0.773. The third kappa shape index (κ3) is 3.39. The first kappa shape index (κ1) is 17.5. The predicted octanol–water partition coefficient (Wildman–Crippen LogP) is 3.22. The molecule has 140 valence electrons. The molecule has 1 fully saturated rings. The predicted molar refractivity (Wildman–Crippen MR) is 104 cm³/mol. The Bertz CT molecular complexity index is 968. The molecule has 6 heteroatoms. The molecule has 0 unspecified atom stereocenters. The van der Waals surface area contributed by atoms with Gasteiger partial charge in [-0.05, 0) is 31.9 Å². The smallest absolute Gasteiger partial charge is 0.282 e. The summed E-state index contributed by atoms with van der Waals surface area (Å²) in [7, 11) is 0. The third-order valence-corrected chi connectivity index (χ3v) is 5.27. The minimum atomic E-state index is -0.203. The van der Waals surface area contributed by atoms with Crippen LogP contribution < -0.4 is 10.9 Å². The van der Waals surface area contributed by atoms with E-state index in [-0.39, 0.29) is 17.5 Å². The van der Waals surface area contributed by atoms with E-state index in [0.29, 0.717) is 29.1 Å². The number of aryl methyl sites for hydroxylation is 1. The number of nitrogens with zero attached hydrogens (tertiary/aromatic N) is 3. The van der Waals surface area contributed by atoms with E-state index < -0.39 is 0 Å². The van der Waals surface area contributed by atoms with Crippen molar-refractivity contribution < 1.29 is 4.79 Å². The number of pyridine rings is 1. The number of carbonyl (C=O) groups is 1. The molecule has 27 heavy (non-hydrogen) atoms. The van der Waals surface area contributed by atoms with Crippen LogP contribution in [0.25, 0.3) is 16.9 Å². The molecular weight excluding hydrogens is 340 g/mol. The molecule has 1 aromatic rings. The molecule has 2 heterocycles. The van der Waals surface area contributed by atoms with Crippen LogP contribution in [0.2, 0.25) is 0 Å². The van der Waals surface area contributed by atoms with Crippen LogP contribution in [0.15, 0.2) is 47.5 Å². The van der Waals surface area contributed by atoms with Gasteiger partial charge in [-0.15, -0.1) is 0 Å². The summed E-state index contributed by atoms with van der Waals surface area (Å²) < 4.78 is 3.25. The first-order valence-corrected chi connectivity index (χ1v) is 9.66. The molecule has 6 nitrogen and oxygen atoms in total. The van der Waals surface area contributed by atoms with Gasteiger partial charge in [-0.2, -0.15) is 9.78 Å². The molecule has 1 amide bonds. The van der Waals surface area contributed by atoms with Crippen molar-refractivity contribution in [3.63, 3.8) is 0 Å². The van der Waals surface area contributed by atoms with Crippen LogP contribution in [-0.2, 0) is 6.54 Å². The van der Waals surface area contributed by atoms with E-state index in [4.69, 9.17) is 0 Å². The number of hydrogen-bond acceptors (Lipinski definition) is 3. The molecule has 1 saturated carbocycles. The number of hydrogen-bond donors (Lipinski definition) is 1. The topological polar surface area (TPSA) is 68.9 Å². The Balaban J connectivity index is 1.77. The monoisotopic (exact) mass is 364 g/mol. The van der Waals surface area contributed by atoms with Gasteiger partial charge in [0.15, 0.2) is 0 Å². The van der Waals surface area contributed by atoms with Crippen LogP contribution in [0.5, 0.6) is 0 Å². The van der Waals surface area contributed by atoms with Crippen LogP contribution in [-0.4, -0.2) is 26.3 Å². The molecule has 1 N–H and O–H groups in total. The Kier molecular flexibility index (Phi) is 4.79. The van der Waals surface area contributed by atoms with Crippen LogP contribution >= 0.6 is 0 Å². The molecule has 4 rings (SSSR count). The fourth-order valence-corrected chi connectivity index (χ4v) is 3.76. The number of amides is 1. The van der Waals surface area contributed by atoms with Crippen LogP contribution in [0.4, 0.5) is 0 Å². The lowest BCUT2D eigenvalue weighted by molar-refractivity contribution is 0.0927. The fraction of sp³-hybridized carbons (Fsp3) is 0.381. The maximum absolute atomic E-state index is 13.0. The van der Waals surface area contributed by atoms with Gasteiger partial charge in [0.05, 0.1) is 16.8 Å². The zero-order valence-electron chi connectivity index (χ0n) is 15.5. The zero-order valence-corrected chi connectivity index (χ0v) is 15.5. The van der Waals surface area contributed by atoms with Gasteiger partial charge in [0.1, 0.15) is 5.69 Å². The molecule has 1 aliphatic carbocycles. The average Bonchev–Trinajstić information content (AvgIpc) is 3.05. The van der Waals surface area contributed by atoms with Crippen molar-refractivity contribution in [3.8, 4) is 16.9 Å². The highest BCUT2D eigenvalue weighted by molar-refractivity contribution is 6.00. The summed E-state index contributed by atoms with van der Waals surface area (Å²) >= 11 is 0. The lowest BCUT2D eigenvalue weighted by atomic mass is 9.95. The Morgan fingerprint density at radius 3 is 2.59 bits per heavy atom. The van der Waals surface area contributed by atoms with Gasteiger partial charge in [-0.1, -0.05) is 37.5 Å². The normalized spacial score (nSPS) is 15.1. The highest BCUT2D eigenvalue weighted by Gasteiger charge is 2.26. The van der Waals surface area contributed by atoms with Gasteiger partial charge in [-0.25, -0.2) is 0 Å². The number of aromatic nitrogens is 3. The second kappa shape index (κ2) is 7.39. The van der Waals surface area contributed by atoms with Crippen molar-refractivity contribution in [2.45, 2.75) is 51.6 Å². The number of nitrogens with one attached hydrogen (secondary N) is 1. The summed E-state index contributed by atoms with van der Waals surface area (Å²) in [6, 6.07) is 9.50. The Labute approximate surface area is 158 Å². The number of fused-ring (bicyclic) bond motifs is 1. The van der Waals surface area contributed by atoms with Crippen molar-refractivity contribution in [2.24, 2.45) is 0 Å². The van der Waals surface area contributed by atoms with Gasteiger partial charge in [0, 0.05) is 25.0 Å². The van der Waals surface area contributed by atoms with Crippen molar-refractivity contribution in [2.75, 3.05) is 0 Å². The third-order valence-electron chi connectivity index (χ3n) is 5.27. The Hall–Kier alpha value is -2.89. The maximum Gasteiger partial charge on any atom is 0.282 e. The van der Waals surface area contributed by atoms with Gasteiger partial charge in [0.25, 0.3) is 11.5 Å². The van der Waals surface area contributed by atoms with E-state index in [2.05, 4.69) is 10.4 Å². The second-order valence-corrected chi connectivity index (χ2v) is 7.13. The summed E-state index contributed by atoms with van der Waals surface area (Å²) in [5.74, 6) is -0.146. The molecule has 0 bridgehead atoms. The van der Waals surface area contributed by atoms with E-state index in [1.54, 1.807) is 12.4 Å². The lowest BCUT2D eigenvalue weighted by Crippen LogP contribution is -2.36. The fourth-order valence-electron chi connectivity index (χ4n) is 3.76. The summed E-state index contributed by atoms with van der Waals surface area (Å²) in [5, 5.41) is 7.65. The molecular formula is C21H24N4O2. The molecule has 0 aromatic heterocycles. The first-order valence-electron chi connectivity index (χ1n) is 9.66. The number of rotatable bonds is 4. The van der Waals surface area contributed by atoms with E-state index in [1.807, 2.05) is 41.8 Å². The highest BCUT2D eigenvalue weighted by atomic mass is 16.2. The van der Waals surface area contributed by atoms with E-state index in [9.17, 15) is 9.59 Å². The van der Waals surface area contributed by atoms with Gasteiger partial charge in [-0.3, -0.25) is 9.59 Å². The maximum atomic E-state index is 13.0. The first-order chi connectivity index (χ1) is 13.2. The second-order valence-electron chi connectivity index (χ2n) is 7.13. The molecule has 3 aliphatic rings. The molecule has 0 spiro atoms. The van der Waals surface area contributed by atoms with Crippen LogP contribution in [0.3, 0.4) is 0 Å². The standard InChI is InChI=1S/C21H24N4O2/c1-2-24-13-17(20(26)22-15-9-5-3-6-10-15)19-18(14-24)21(27)25(23-19)16-11-7-4-8-12-16/h4,7-8,11-15H,2-3,5-6,9-10H2,1H3,(H,22,26). The minimum Gasteiger partial charge on any atom is -0.353 e. The molecule has 0 atom stereocenters. The summed E-state index contributed by atoms with van der Waals surface area (Å²) in [6.07, 6.45) is 9.14. The van der Waals surface area contributed by atoms with Gasteiger partial charge >= 0.3 is 0 Å². The van der Waals surface area contributed by atoms with Crippen molar-refractivity contribution in [1.29, 1.82) is 0 Å². The van der Waals surface area contributed by atoms with E-state index in [1.165, 1.54) is 11.1 Å². The summed E-state index contributed by atoms with van der Waals surface area (Å²) in [5.41, 5.74) is 1.89. The lowest BCUT2D eigenvalue weighted by Gasteiger charge is -2.23. The van der Waals surface area contributed by atoms with Crippen molar-refractivity contribution in [3.05, 3.63) is 58.6 Å². The number of carbonyl (C=O) groups excluding carboxylic acids is 1. The van der Waals surface area contributed by atoms with Gasteiger partial charge < -0.3 is 9.88 Å². The average molecular weight is 364 g/mol. The Morgan fingerprint density at radius 1 is 1.15 bits per heavy atom. The Morgan fingerprint density at radius 2 is 1.89 bits per heavy atom. The largest absolute Gasteiger partial charge is 0.353 e. The highest BCUT2D eigenvalue weighted by Crippen LogP contribution is 2.24. The van der Waals surface area contributed by atoms with Crippen molar-refractivity contribution in [1.82, 2.24) is 19.7 Å². The van der Waals surface area contributed by atoms with Crippen molar-refractivity contribution >= 4 is 5.91 Å². The zero-order chi connectivity index (χ0) is 18.8. The number of benzene rings is 1. The molecule has 0 radical (unpaired) electrons. The van der Waals surface area contributed by atoms with E-state index in [0.717, 1.165) is 25.7 Å². The molecule has 0 saturated heterocycles. The molecule has 1 aromatic carbocycles. The SMILES string of the molecule is CCn1cc(C(=O)NC2CCCCC2)c2nn(-c3ccccc3)c(=O)c-2c1. The minimum absolute atomic E-state index is 0.146. The van der Waals surface area contributed by atoms with Gasteiger partial charge in [0.2, 0.25) is 0 Å². The van der Waals surface area contributed by atoms with E-state index >= 15 is 0 Å². The molecule has 2 aliphatic heterocycles.